The predicted molar refractivity (Wildman–Crippen MR) is 63.5 cm³/mol. The van der Waals surface area contributed by atoms with Gasteiger partial charge in [0.05, 0.1) is 12.7 Å². The van der Waals surface area contributed by atoms with E-state index in [-0.39, 0.29) is 6.10 Å². The van der Waals surface area contributed by atoms with Crippen LogP contribution in [0.5, 0.6) is 11.5 Å². The van der Waals surface area contributed by atoms with E-state index >= 15 is 0 Å². The molecular formula is C13H18O2. The second kappa shape index (κ2) is 5.44. The van der Waals surface area contributed by atoms with Crippen molar-refractivity contribution in [2.24, 2.45) is 0 Å². The van der Waals surface area contributed by atoms with Gasteiger partial charge in [0.15, 0.2) is 0 Å². The highest BCUT2D eigenvalue weighted by Crippen LogP contribution is 2.26. The van der Waals surface area contributed by atoms with E-state index in [1.54, 1.807) is 6.08 Å². The Bertz CT molecular complexity index is 329. The summed E-state index contributed by atoms with van der Waals surface area (Å²) in [4.78, 5) is 0. The molecule has 1 rings (SSSR count). The van der Waals surface area contributed by atoms with Gasteiger partial charge in [-0.1, -0.05) is 12.7 Å². The summed E-state index contributed by atoms with van der Waals surface area (Å²) in [6.07, 6.45) is 1.95. The van der Waals surface area contributed by atoms with Crippen LogP contribution in [-0.2, 0) is 0 Å². The van der Waals surface area contributed by atoms with Crippen LogP contribution >= 0.6 is 0 Å². The summed E-state index contributed by atoms with van der Waals surface area (Å²) in [6.45, 7) is 10.4. The van der Waals surface area contributed by atoms with Gasteiger partial charge in [-0.3, -0.25) is 0 Å². The summed E-state index contributed by atoms with van der Waals surface area (Å²) in [7, 11) is 0. The van der Waals surface area contributed by atoms with E-state index < -0.39 is 0 Å². The molecule has 1 aromatic rings. The van der Waals surface area contributed by atoms with Crippen LogP contribution in [0, 0.1) is 0 Å². The minimum Gasteiger partial charge on any atom is -0.494 e. The molecule has 1 aromatic carbocycles. The fraction of sp³-hybridized carbons (Fsp3) is 0.385. The van der Waals surface area contributed by atoms with Gasteiger partial charge >= 0.3 is 0 Å². The molecule has 0 N–H and O–H groups in total. The topological polar surface area (TPSA) is 18.5 Å². The lowest BCUT2D eigenvalue weighted by molar-refractivity contribution is 0.241. The second-order valence-electron chi connectivity index (χ2n) is 3.50. The zero-order chi connectivity index (χ0) is 11.3. The Kier molecular flexibility index (Phi) is 4.22. The van der Waals surface area contributed by atoms with Crippen molar-refractivity contribution in [3.8, 4) is 11.5 Å². The fourth-order valence-corrected chi connectivity index (χ4v) is 1.30. The molecule has 2 nitrogen and oxygen atoms in total. The van der Waals surface area contributed by atoms with Crippen molar-refractivity contribution >= 4 is 6.08 Å². The lowest BCUT2D eigenvalue weighted by Crippen LogP contribution is -2.06. The maximum absolute atomic E-state index is 5.64. The van der Waals surface area contributed by atoms with E-state index in [1.165, 1.54) is 0 Å². The molecule has 0 aliphatic heterocycles. The first-order valence-electron chi connectivity index (χ1n) is 5.23. The van der Waals surface area contributed by atoms with Gasteiger partial charge < -0.3 is 9.47 Å². The summed E-state index contributed by atoms with van der Waals surface area (Å²) in [5.41, 5.74) is 0.967. The normalized spacial score (nSPS) is 10.1. The molecule has 2 heteroatoms. The minimum absolute atomic E-state index is 0.168. The molecular weight excluding hydrogens is 188 g/mol. The molecule has 82 valence electrons. The zero-order valence-corrected chi connectivity index (χ0v) is 9.62. The van der Waals surface area contributed by atoms with Gasteiger partial charge in [-0.05, 0) is 39.0 Å². The Labute approximate surface area is 91.5 Å². The largest absolute Gasteiger partial charge is 0.494 e. The number of ether oxygens (including phenoxy) is 2. The van der Waals surface area contributed by atoms with E-state index in [2.05, 4.69) is 6.58 Å². The third kappa shape index (κ3) is 3.31. The van der Waals surface area contributed by atoms with Gasteiger partial charge in [-0.2, -0.15) is 0 Å². The Hall–Kier alpha value is -1.44. The molecule has 0 bridgehead atoms. The molecule has 0 saturated carbocycles. The van der Waals surface area contributed by atoms with E-state index in [1.807, 2.05) is 39.0 Å². The highest BCUT2D eigenvalue weighted by molar-refractivity contribution is 5.58. The molecule has 0 atom stereocenters. The van der Waals surface area contributed by atoms with Gasteiger partial charge in [-0.25, -0.2) is 0 Å². The fourth-order valence-electron chi connectivity index (χ4n) is 1.30. The average Bonchev–Trinajstić information content (AvgIpc) is 2.20. The van der Waals surface area contributed by atoms with Crippen molar-refractivity contribution < 1.29 is 9.47 Å². The molecule has 0 heterocycles. The van der Waals surface area contributed by atoms with Crippen LogP contribution in [0.15, 0.2) is 24.8 Å². The minimum atomic E-state index is 0.168. The van der Waals surface area contributed by atoms with Gasteiger partial charge in [0.1, 0.15) is 11.5 Å². The van der Waals surface area contributed by atoms with Gasteiger partial charge in [0.25, 0.3) is 0 Å². The quantitative estimate of drug-likeness (QED) is 0.734. The van der Waals surface area contributed by atoms with E-state index in [0.717, 1.165) is 17.1 Å². The summed E-state index contributed by atoms with van der Waals surface area (Å²) in [5, 5.41) is 0. The maximum Gasteiger partial charge on any atom is 0.127 e. The van der Waals surface area contributed by atoms with Crippen molar-refractivity contribution in [1.82, 2.24) is 0 Å². The van der Waals surface area contributed by atoms with Crippen LogP contribution < -0.4 is 9.47 Å². The third-order valence-corrected chi connectivity index (χ3v) is 1.87. The monoisotopic (exact) mass is 206 g/mol. The molecule has 15 heavy (non-hydrogen) atoms. The molecule has 0 aliphatic rings. The summed E-state index contributed by atoms with van der Waals surface area (Å²) in [6, 6.07) is 5.77. The summed E-state index contributed by atoms with van der Waals surface area (Å²) >= 11 is 0. The van der Waals surface area contributed by atoms with E-state index in [4.69, 9.17) is 9.47 Å². The molecule has 0 saturated heterocycles. The van der Waals surface area contributed by atoms with Crippen LogP contribution in [0.1, 0.15) is 26.3 Å². The average molecular weight is 206 g/mol. The predicted octanol–water partition coefficient (Wildman–Crippen LogP) is 3.52. The van der Waals surface area contributed by atoms with Crippen LogP contribution in [0.25, 0.3) is 6.08 Å². The van der Waals surface area contributed by atoms with Crippen LogP contribution in [0.4, 0.5) is 0 Å². The molecule has 0 radical (unpaired) electrons. The first kappa shape index (κ1) is 11.6. The number of hydrogen-bond acceptors (Lipinski definition) is 2. The van der Waals surface area contributed by atoms with Gasteiger partial charge in [-0.15, -0.1) is 0 Å². The molecule has 0 amide bonds. The van der Waals surface area contributed by atoms with Crippen molar-refractivity contribution in [1.29, 1.82) is 0 Å². The van der Waals surface area contributed by atoms with E-state index in [0.29, 0.717) is 6.61 Å². The number of hydrogen-bond donors (Lipinski definition) is 0. The Balaban J connectivity index is 2.93. The molecule has 0 aromatic heterocycles. The zero-order valence-electron chi connectivity index (χ0n) is 9.62. The SMILES string of the molecule is C=Cc1cc(OCC)ccc1OC(C)C. The van der Waals surface area contributed by atoms with Gasteiger partial charge in [0.2, 0.25) is 0 Å². The Morgan fingerprint density at radius 1 is 1.40 bits per heavy atom. The first-order valence-corrected chi connectivity index (χ1v) is 5.23. The highest BCUT2D eigenvalue weighted by Gasteiger charge is 2.04. The Morgan fingerprint density at radius 2 is 2.13 bits per heavy atom. The summed E-state index contributed by atoms with van der Waals surface area (Å²) in [5.74, 6) is 1.70. The number of benzene rings is 1. The molecule has 0 spiro atoms. The van der Waals surface area contributed by atoms with Crippen LogP contribution in [-0.4, -0.2) is 12.7 Å². The highest BCUT2D eigenvalue weighted by atomic mass is 16.5. The molecule has 0 unspecified atom stereocenters. The standard InChI is InChI=1S/C13H18O2/c1-5-11-9-12(14-6-2)7-8-13(11)15-10(3)4/h5,7-10H,1,6H2,2-4H3. The van der Waals surface area contributed by atoms with E-state index in [9.17, 15) is 0 Å². The van der Waals surface area contributed by atoms with Crippen molar-refractivity contribution in [3.63, 3.8) is 0 Å². The smallest absolute Gasteiger partial charge is 0.127 e. The molecule has 0 aliphatic carbocycles. The number of rotatable bonds is 5. The first-order chi connectivity index (χ1) is 7.17. The van der Waals surface area contributed by atoms with Crippen molar-refractivity contribution in [2.45, 2.75) is 26.9 Å². The summed E-state index contributed by atoms with van der Waals surface area (Å²) < 4.78 is 11.0. The lowest BCUT2D eigenvalue weighted by Gasteiger charge is -2.13. The van der Waals surface area contributed by atoms with Crippen LogP contribution in [0.3, 0.4) is 0 Å². The second-order valence-corrected chi connectivity index (χ2v) is 3.50. The van der Waals surface area contributed by atoms with Crippen molar-refractivity contribution in [3.05, 3.63) is 30.3 Å². The van der Waals surface area contributed by atoms with Crippen molar-refractivity contribution in [2.75, 3.05) is 6.61 Å². The molecule has 0 fully saturated rings. The Morgan fingerprint density at radius 3 is 2.67 bits per heavy atom. The maximum atomic E-state index is 5.64. The van der Waals surface area contributed by atoms with Crippen LogP contribution in [0.2, 0.25) is 0 Å². The third-order valence-electron chi connectivity index (χ3n) is 1.87. The lowest BCUT2D eigenvalue weighted by atomic mass is 10.2. The van der Waals surface area contributed by atoms with Gasteiger partial charge in [0, 0.05) is 5.56 Å².